The van der Waals surface area contributed by atoms with Gasteiger partial charge < -0.3 is 10.1 Å². The number of anilines is 1. The summed E-state index contributed by atoms with van der Waals surface area (Å²) in [6.45, 7) is 8.01. The van der Waals surface area contributed by atoms with Gasteiger partial charge in [0.15, 0.2) is 0 Å². The van der Waals surface area contributed by atoms with Crippen LogP contribution in [0.3, 0.4) is 0 Å². The van der Waals surface area contributed by atoms with Crippen molar-refractivity contribution in [2.45, 2.75) is 39.0 Å². The number of aromatic nitrogens is 3. The lowest BCUT2D eigenvalue weighted by atomic mass is 10.2. The third kappa shape index (κ3) is 3.66. The van der Waals surface area contributed by atoms with Gasteiger partial charge in [0.25, 0.3) is 0 Å². The minimum absolute atomic E-state index is 0.0304. The third-order valence-corrected chi connectivity index (χ3v) is 5.03. The molecule has 0 radical (unpaired) electrons. The lowest BCUT2D eigenvalue weighted by Gasteiger charge is -2.35. The fourth-order valence-corrected chi connectivity index (χ4v) is 3.46. The molecule has 0 saturated carbocycles. The summed E-state index contributed by atoms with van der Waals surface area (Å²) < 4.78 is 7.61. The molecule has 2 unspecified atom stereocenters. The highest BCUT2D eigenvalue weighted by molar-refractivity contribution is 7.09. The topological polar surface area (TPSA) is 72.3 Å². The molecule has 1 saturated heterocycles. The van der Waals surface area contributed by atoms with Gasteiger partial charge in [0.05, 0.1) is 18.8 Å². The first-order chi connectivity index (χ1) is 11.6. The predicted octanol–water partition coefficient (Wildman–Crippen LogP) is 2.32. The Balaban J connectivity index is 1.63. The van der Waals surface area contributed by atoms with Crippen LogP contribution in [0.25, 0.3) is 0 Å². The highest BCUT2D eigenvalue weighted by atomic mass is 32.1. The Morgan fingerprint density at radius 1 is 1.42 bits per heavy atom. The summed E-state index contributed by atoms with van der Waals surface area (Å²) in [6, 6.07) is 1.78. The molecular formula is C16H23N5O2S. The van der Waals surface area contributed by atoms with Crippen LogP contribution < -0.4 is 5.32 Å². The number of carbonyl (C=O) groups is 1. The van der Waals surface area contributed by atoms with E-state index in [2.05, 4.69) is 20.3 Å². The lowest BCUT2D eigenvalue weighted by Crippen LogP contribution is -2.48. The number of hydrogen-bond acceptors (Lipinski definition) is 6. The van der Waals surface area contributed by atoms with Crippen molar-refractivity contribution in [2.75, 3.05) is 25.0 Å². The van der Waals surface area contributed by atoms with E-state index in [1.165, 1.54) is 0 Å². The second-order valence-corrected chi connectivity index (χ2v) is 7.07. The van der Waals surface area contributed by atoms with Crippen molar-refractivity contribution in [1.82, 2.24) is 19.7 Å². The molecule has 0 spiro atoms. The molecule has 1 aliphatic rings. The smallest absolute Gasteiger partial charge is 0.242 e. The molecule has 130 valence electrons. The standard InChI is InChI=1S/C16H23N5O2S/c1-11(2)21-14(4-5-18-21)19-15(22)12(3)20-7-8-23-13(10-20)16-17-6-9-24-16/h4-6,9,11-13H,7-8,10H2,1-3H3,(H,19,22). The fourth-order valence-electron chi connectivity index (χ4n) is 2.79. The molecule has 1 aliphatic heterocycles. The summed E-state index contributed by atoms with van der Waals surface area (Å²) >= 11 is 1.59. The fraction of sp³-hybridized carbons (Fsp3) is 0.562. The minimum Gasteiger partial charge on any atom is -0.368 e. The van der Waals surface area contributed by atoms with Gasteiger partial charge in [-0.2, -0.15) is 5.10 Å². The molecule has 24 heavy (non-hydrogen) atoms. The Bertz CT molecular complexity index is 670. The Morgan fingerprint density at radius 3 is 2.96 bits per heavy atom. The van der Waals surface area contributed by atoms with E-state index in [0.717, 1.165) is 17.4 Å². The van der Waals surface area contributed by atoms with Crippen molar-refractivity contribution in [3.05, 3.63) is 28.8 Å². The number of hydrogen-bond donors (Lipinski definition) is 1. The van der Waals surface area contributed by atoms with Crippen molar-refractivity contribution in [3.63, 3.8) is 0 Å². The van der Waals surface area contributed by atoms with E-state index in [-0.39, 0.29) is 24.1 Å². The number of carbonyl (C=O) groups excluding carboxylic acids is 1. The number of ether oxygens (including phenoxy) is 1. The first-order valence-corrected chi connectivity index (χ1v) is 9.03. The van der Waals surface area contributed by atoms with Gasteiger partial charge in [-0.3, -0.25) is 9.69 Å². The summed E-state index contributed by atoms with van der Waals surface area (Å²) in [5, 5.41) is 10.1. The van der Waals surface area contributed by atoms with Crippen LogP contribution >= 0.6 is 11.3 Å². The van der Waals surface area contributed by atoms with Gasteiger partial charge in [-0.25, -0.2) is 9.67 Å². The van der Waals surface area contributed by atoms with Crippen LogP contribution in [-0.2, 0) is 9.53 Å². The number of amides is 1. The molecule has 2 atom stereocenters. The van der Waals surface area contributed by atoms with E-state index in [1.807, 2.05) is 36.9 Å². The van der Waals surface area contributed by atoms with Crippen molar-refractivity contribution >= 4 is 23.1 Å². The zero-order valence-corrected chi connectivity index (χ0v) is 15.0. The van der Waals surface area contributed by atoms with Crippen LogP contribution in [0.15, 0.2) is 23.8 Å². The van der Waals surface area contributed by atoms with Crippen LogP contribution in [0.1, 0.15) is 37.9 Å². The number of nitrogens with zero attached hydrogens (tertiary/aromatic N) is 4. The van der Waals surface area contributed by atoms with Gasteiger partial charge in [0.2, 0.25) is 5.91 Å². The molecule has 3 heterocycles. The van der Waals surface area contributed by atoms with Crippen molar-refractivity contribution < 1.29 is 9.53 Å². The molecule has 2 aromatic heterocycles. The zero-order valence-electron chi connectivity index (χ0n) is 14.2. The van der Waals surface area contributed by atoms with Crippen LogP contribution in [0.4, 0.5) is 5.82 Å². The number of nitrogens with one attached hydrogen (secondary N) is 1. The maximum absolute atomic E-state index is 12.6. The van der Waals surface area contributed by atoms with Gasteiger partial charge in [-0.1, -0.05) is 0 Å². The van der Waals surface area contributed by atoms with Gasteiger partial charge in [-0.15, -0.1) is 11.3 Å². The van der Waals surface area contributed by atoms with Gasteiger partial charge in [0, 0.05) is 36.8 Å². The molecular weight excluding hydrogens is 326 g/mol. The van der Waals surface area contributed by atoms with E-state index in [1.54, 1.807) is 23.7 Å². The molecule has 7 nitrogen and oxygen atoms in total. The van der Waals surface area contributed by atoms with E-state index in [4.69, 9.17) is 4.74 Å². The van der Waals surface area contributed by atoms with Crippen LogP contribution in [0.2, 0.25) is 0 Å². The SMILES string of the molecule is CC(C(=O)Nc1ccnn1C(C)C)N1CCOC(c2nccs2)C1. The zero-order chi connectivity index (χ0) is 17.1. The van der Waals surface area contributed by atoms with Crippen molar-refractivity contribution in [3.8, 4) is 0 Å². The molecule has 3 rings (SSSR count). The van der Waals surface area contributed by atoms with Crippen LogP contribution in [0, 0.1) is 0 Å². The summed E-state index contributed by atoms with van der Waals surface area (Å²) in [4.78, 5) is 19.1. The Kier molecular flexibility index (Phi) is 5.27. The molecule has 8 heteroatoms. The second-order valence-electron chi connectivity index (χ2n) is 6.14. The van der Waals surface area contributed by atoms with Crippen LogP contribution in [0.5, 0.6) is 0 Å². The quantitative estimate of drug-likeness (QED) is 0.897. The highest BCUT2D eigenvalue weighted by Crippen LogP contribution is 2.25. The van der Waals surface area contributed by atoms with E-state index in [9.17, 15) is 4.79 Å². The van der Waals surface area contributed by atoms with Crippen molar-refractivity contribution in [2.24, 2.45) is 0 Å². The summed E-state index contributed by atoms with van der Waals surface area (Å²) in [5.74, 6) is 0.698. The van der Waals surface area contributed by atoms with E-state index >= 15 is 0 Å². The molecule has 1 N–H and O–H groups in total. The van der Waals surface area contributed by atoms with E-state index in [0.29, 0.717) is 13.2 Å². The maximum atomic E-state index is 12.6. The monoisotopic (exact) mass is 349 g/mol. The molecule has 1 amide bonds. The summed E-state index contributed by atoms with van der Waals surface area (Å²) in [5.41, 5.74) is 0. The van der Waals surface area contributed by atoms with Gasteiger partial charge in [0.1, 0.15) is 16.9 Å². The summed E-state index contributed by atoms with van der Waals surface area (Å²) in [6.07, 6.45) is 3.43. The highest BCUT2D eigenvalue weighted by Gasteiger charge is 2.30. The second kappa shape index (κ2) is 7.42. The molecule has 0 aliphatic carbocycles. The number of morpholine rings is 1. The molecule has 0 aromatic carbocycles. The molecule has 1 fully saturated rings. The predicted molar refractivity (Wildman–Crippen MR) is 93.1 cm³/mol. The maximum Gasteiger partial charge on any atom is 0.242 e. The van der Waals surface area contributed by atoms with Gasteiger partial charge in [-0.05, 0) is 20.8 Å². The van der Waals surface area contributed by atoms with Crippen LogP contribution in [-0.4, -0.2) is 51.3 Å². The first kappa shape index (κ1) is 17.1. The largest absolute Gasteiger partial charge is 0.368 e. The number of thiazole rings is 1. The average molecular weight is 349 g/mol. The molecule has 0 bridgehead atoms. The number of rotatable bonds is 5. The summed E-state index contributed by atoms with van der Waals surface area (Å²) in [7, 11) is 0. The average Bonchev–Trinajstić information content (AvgIpc) is 3.25. The van der Waals surface area contributed by atoms with Gasteiger partial charge >= 0.3 is 0 Å². The van der Waals surface area contributed by atoms with E-state index < -0.39 is 0 Å². The lowest BCUT2D eigenvalue weighted by molar-refractivity contribution is -0.124. The Labute approximate surface area is 145 Å². The minimum atomic E-state index is -0.244. The normalized spacial score (nSPS) is 20.2. The Hall–Kier alpha value is -1.77. The Morgan fingerprint density at radius 2 is 2.25 bits per heavy atom. The first-order valence-electron chi connectivity index (χ1n) is 8.15. The molecule has 2 aromatic rings. The van der Waals surface area contributed by atoms with Crippen molar-refractivity contribution in [1.29, 1.82) is 0 Å². The third-order valence-electron chi connectivity index (χ3n) is 4.16.